The van der Waals surface area contributed by atoms with E-state index in [-0.39, 0.29) is 28.9 Å². The fourth-order valence-corrected chi connectivity index (χ4v) is 4.20. The zero-order chi connectivity index (χ0) is 14.3. The molecule has 0 aliphatic carbocycles. The molecule has 8 heteroatoms. The molecular formula is C12H23ClN4O2S. The van der Waals surface area contributed by atoms with Crippen molar-refractivity contribution in [2.24, 2.45) is 11.1 Å². The Labute approximate surface area is 126 Å². The highest BCUT2D eigenvalue weighted by Gasteiger charge is 2.39. The topological polar surface area (TPSA) is 81.2 Å². The maximum atomic E-state index is 12.6. The molecule has 1 atom stereocenters. The van der Waals surface area contributed by atoms with Gasteiger partial charge in [0.15, 0.2) is 5.03 Å². The standard InChI is InChI=1S/C12H22N4O2S.ClH/c1-4-15-9-14-7-11(15)19(17,18)16-6-5-10(13)12(2,3)8-16;/h7,9-10H,4-6,8,13H2,1-3H3;1H. The van der Waals surface area contributed by atoms with E-state index >= 15 is 0 Å². The summed E-state index contributed by atoms with van der Waals surface area (Å²) in [7, 11) is -3.48. The van der Waals surface area contributed by atoms with E-state index in [0.29, 0.717) is 26.1 Å². The number of hydrogen-bond donors (Lipinski definition) is 1. The Balaban J connectivity index is 0.00000200. The molecule has 0 aromatic carbocycles. The quantitative estimate of drug-likeness (QED) is 0.902. The second-order valence-corrected chi connectivity index (χ2v) is 7.63. The lowest BCUT2D eigenvalue weighted by Gasteiger charge is -2.41. The third-order valence-corrected chi connectivity index (χ3v) is 5.76. The Morgan fingerprint density at radius 2 is 2.15 bits per heavy atom. The fourth-order valence-electron chi connectivity index (χ4n) is 2.42. The van der Waals surface area contributed by atoms with E-state index < -0.39 is 10.0 Å². The summed E-state index contributed by atoms with van der Waals surface area (Å²) < 4.78 is 28.5. The first-order valence-corrected chi connectivity index (χ1v) is 7.99. The molecule has 2 N–H and O–H groups in total. The van der Waals surface area contributed by atoms with Gasteiger partial charge in [0.05, 0.1) is 12.5 Å². The highest BCUT2D eigenvalue weighted by molar-refractivity contribution is 7.89. The van der Waals surface area contributed by atoms with Gasteiger partial charge in [-0.15, -0.1) is 12.4 Å². The fraction of sp³-hybridized carbons (Fsp3) is 0.750. The van der Waals surface area contributed by atoms with Gasteiger partial charge in [-0.1, -0.05) is 13.8 Å². The molecular weight excluding hydrogens is 300 g/mol. The zero-order valence-electron chi connectivity index (χ0n) is 12.1. The average Bonchev–Trinajstić information content (AvgIpc) is 2.81. The lowest BCUT2D eigenvalue weighted by molar-refractivity contribution is 0.155. The Kier molecular flexibility index (Phi) is 5.23. The van der Waals surface area contributed by atoms with Gasteiger partial charge in [-0.3, -0.25) is 0 Å². The second-order valence-electron chi connectivity index (χ2n) is 5.74. The molecule has 1 aliphatic rings. The molecule has 1 aliphatic heterocycles. The minimum Gasteiger partial charge on any atom is -0.327 e. The summed E-state index contributed by atoms with van der Waals surface area (Å²) >= 11 is 0. The Morgan fingerprint density at radius 3 is 2.70 bits per heavy atom. The Hall–Kier alpha value is -0.630. The molecule has 2 rings (SSSR count). The van der Waals surface area contributed by atoms with Crippen LogP contribution in [0, 0.1) is 5.41 Å². The molecule has 0 radical (unpaired) electrons. The first kappa shape index (κ1) is 17.4. The molecule has 0 spiro atoms. The van der Waals surface area contributed by atoms with Gasteiger partial charge in [-0.05, 0) is 18.8 Å². The van der Waals surface area contributed by atoms with Gasteiger partial charge < -0.3 is 10.3 Å². The van der Waals surface area contributed by atoms with E-state index in [1.807, 2.05) is 20.8 Å². The van der Waals surface area contributed by atoms with E-state index in [0.717, 1.165) is 0 Å². The molecule has 116 valence electrons. The summed E-state index contributed by atoms with van der Waals surface area (Å²) in [6.07, 6.45) is 3.65. The number of aryl methyl sites for hydroxylation is 1. The number of rotatable bonds is 3. The van der Waals surface area contributed by atoms with Crippen LogP contribution in [-0.4, -0.2) is 41.4 Å². The third-order valence-electron chi connectivity index (χ3n) is 3.90. The lowest BCUT2D eigenvalue weighted by Crippen LogP contribution is -2.54. The number of halogens is 1. The van der Waals surface area contributed by atoms with E-state index in [9.17, 15) is 8.42 Å². The van der Waals surface area contributed by atoms with E-state index in [2.05, 4.69) is 4.98 Å². The van der Waals surface area contributed by atoms with Gasteiger partial charge in [0.25, 0.3) is 10.0 Å². The average molecular weight is 323 g/mol. The van der Waals surface area contributed by atoms with Crippen LogP contribution in [0.5, 0.6) is 0 Å². The highest BCUT2D eigenvalue weighted by atomic mass is 35.5. The minimum atomic E-state index is -3.48. The van der Waals surface area contributed by atoms with Crippen LogP contribution in [0.4, 0.5) is 0 Å². The first-order valence-electron chi connectivity index (χ1n) is 6.55. The van der Waals surface area contributed by atoms with Gasteiger partial charge in [-0.2, -0.15) is 4.31 Å². The summed E-state index contributed by atoms with van der Waals surface area (Å²) in [5.41, 5.74) is 5.85. The van der Waals surface area contributed by atoms with Crippen molar-refractivity contribution in [2.75, 3.05) is 13.1 Å². The summed E-state index contributed by atoms with van der Waals surface area (Å²) in [5.74, 6) is 0. The van der Waals surface area contributed by atoms with Gasteiger partial charge >= 0.3 is 0 Å². The number of nitrogens with two attached hydrogens (primary N) is 1. The van der Waals surface area contributed by atoms with Crippen LogP contribution in [-0.2, 0) is 16.6 Å². The zero-order valence-corrected chi connectivity index (χ0v) is 13.7. The predicted octanol–water partition coefficient (Wildman–Crippen LogP) is 1.07. The Morgan fingerprint density at radius 1 is 1.50 bits per heavy atom. The molecule has 2 heterocycles. The number of nitrogens with zero attached hydrogens (tertiary/aromatic N) is 3. The van der Waals surface area contributed by atoms with Gasteiger partial charge in [0.2, 0.25) is 0 Å². The number of imidazole rings is 1. The molecule has 0 amide bonds. The number of hydrogen-bond acceptors (Lipinski definition) is 4. The molecule has 20 heavy (non-hydrogen) atoms. The minimum absolute atomic E-state index is 0. The van der Waals surface area contributed by atoms with Crippen molar-refractivity contribution in [3.05, 3.63) is 12.5 Å². The molecule has 1 saturated heterocycles. The normalized spacial score (nSPS) is 23.3. The van der Waals surface area contributed by atoms with Crippen molar-refractivity contribution < 1.29 is 8.42 Å². The first-order chi connectivity index (χ1) is 8.79. The molecule has 1 aromatic rings. The van der Waals surface area contributed by atoms with Gasteiger partial charge in [0.1, 0.15) is 0 Å². The molecule has 1 fully saturated rings. The van der Waals surface area contributed by atoms with Crippen molar-refractivity contribution in [3.8, 4) is 0 Å². The predicted molar refractivity (Wildman–Crippen MR) is 80.3 cm³/mol. The van der Waals surface area contributed by atoms with Crippen LogP contribution >= 0.6 is 12.4 Å². The Bertz CT molecular complexity index is 556. The van der Waals surface area contributed by atoms with Gasteiger partial charge in [-0.25, -0.2) is 13.4 Å². The van der Waals surface area contributed by atoms with E-state index in [4.69, 9.17) is 5.73 Å². The van der Waals surface area contributed by atoms with Crippen LogP contribution in [0.3, 0.4) is 0 Å². The molecule has 0 saturated carbocycles. The smallest absolute Gasteiger partial charge is 0.260 e. The van der Waals surface area contributed by atoms with Crippen molar-refractivity contribution in [3.63, 3.8) is 0 Å². The maximum Gasteiger partial charge on any atom is 0.260 e. The lowest BCUT2D eigenvalue weighted by atomic mass is 9.81. The van der Waals surface area contributed by atoms with Crippen molar-refractivity contribution in [2.45, 2.75) is 44.8 Å². The summed E-state index contributed by atoms with van der Waals surface area (Å²) in [6.45, 7) is 7.43. The van der Waals surface area contributed by atoms with Crippen molar-refractivity contribution in [1.29, 1.82) is 0 Å². The monoisotopic (exact) mass is 322 g/mol. The van der Waals surface area contributed by atoms with Crippen molar-refractivity contribution >= 4 is 22.4 Å². The largest absolute Gasteiger partial charge is 0.327 e. The molecule has 6 nitrogen and oxygen atoms in total. The summed E-state index contributed by atoms with van der Waals surface area (Å²) in [6, 6.07) is 0.0371. The molecule has 1 aromatic heterocycles. The van der Waals surface area contributed by atoms with Crippen LogP contribution in [0.15, 0.2) is 17.6 Å². The number of piperidine rings is 1. The maximum absolute atomic E-state index is 12.6. The number of aromatic nitrogens is 2. The van der Waals surface area contributed by atoms with Gasteiger partial charge in [0, 0.05) is 25.7 Å². The SMILES string of the molecule is CCn1cncc1S(=O)(=O)N1CCC(N)C(C)(C)C1.Cl. The molecule has 0 bridgehead atoms. The highest BCUT2D eigenvalue weighted by Crippen LogP contribution is 2.31. The van der Waals surface area contributed by atoms with Crippen LogP contribution < -0.4 is 5.73 Å². The second kappa shape index (κ2) is 6.01. The molecule has 1 unspecified atom stereocenters. The summed E-state index contributed by atoms with van der Waals surface area (Å²) in [4.78, 5) is 3.94. The summed E-state index contributed by atoms with van der Waals surface area (Å²) in [5, 5.41) is 0.265. The third kappa shape index (κ3) is 3.00. The van der Waals surface area contributed by atoms with Crippen molar-refractivity contribution in [1.82, 2.24) is 13.9 Å². The van der Waals surface area contributed by atoms with E-state index in [1.54, 1.807) is 10.9 Å². The number of sulfonamides is 1. The van der Waals surface area contributed by atoms with E-state index in [1.165, 1.54) is 10.5 Å². The van der Waals surface area contributed by atoms with Crippen LogP contribution in [0.1, 0.15) is 27.2 Å². The van der Waals surface area contributed by atoms with Crippen LogP contribution in [0.2, 0.25) is 0 Å². The van der Waals surface area contributed by atoms with Crippen LogP contribution in [0.25, 0.3) is 0 Å².